The number of aliphatic hydroxyl groups excluding tert-OH is 1. The highest BCUT2D eigenvalue weighted by Crippen LogP contribution is 2.25. The number of hydrogen-bond donors (Lipinski definition) is 1. The summed E-state index contributed by atoms with van der Waals surface area (Å²) in [5, 5.41) is 10.9. The number of halogens is 1. The lowest BCUT2D eigenvalue weighted by Gasteiger charge is -2.35. The maximum atomic E-state index is 9.71. The molecule has 1 fully saturated rings. The van der Waals surface area contributed by atoms with Crippen LogP contribution in [-0.2, 0) is 0 Å². The van der Waals surface area contributed by atoms with Crippen LogP contribution in [-0.4, -0.2) is 40.5 Å². The van der Waals surface area contributed by atoms with Gasteiger partial charge in [0.05, 0.1) is 6.10 Å². The quantitative estimate of drug-likeness (QED) is 0.508. The summed E-state index contributed by atoms with van der Waals surface area (Å²) in [4.78, 5) is 10.7. The normalized spacial score (nSPS) is 25.1. The van der Waals surface area contributed by atoms with Crippen LogP contribution < -0.4 is 4.90 Å². The summed E-state index contributed by atoms with van der Waals surface area (Å²) in [5.41, 5.74) is 0. The number of thioether (sulfide) groups is 1. The molecule has 1 aromatic heterocycles. The lowest BCUT2D eigenvalue weighted by atomic mass is 9.97. The first-order valence-electron chi connectivity index (χ1n) is 5.61. The molecule has 0 saturated carbocycles. The Balaban J connectivity index is 2.19. The van der Waals surface area contributed by atoms with E-state index in [1.807, 2.05) is 6.26 Å². The number of rotatable bonds is 2. The average molecular weight is 274 g/mol. The van der Waals surface area contributed by atoms with Gasteiger partial charge in [-0.2, -0.15) is 0 Å². The summed E-state index contributed by atoms with van der Waals surface area (Å²) in [5.74, 6) is 1.11. The second kappa shape index (κ2) is 5.42. The van der Waals surface area contributed by atoms with Gasteiger partial charge < -0.3 is 10.0 Å². The Morgan fingerprint density at radius 3 is 2.94 bits per heavy atom. The van der Waals surface area contributed by atoms with Crippen molar-refractivity contribution >= 4 is 29.2 Å². The van der Waals surface area contributed by atoms with E-state index in [-0.39, 0.29) is 12.0 Å². The molecule has 1 aliphatic heterocycles. The zero-order chi connectivity index (χ0) is 12.4. The Morgan fingerprint density at radius 2 is 2.29 bits per heavy atom. The van der Waals surface area contributed by atoms with Crippen LogP contribution >= 0.6 is 23.4 Å². The fourth-order valence-electron chi connectivity index (χ4n) is 1.98. The minimum absolute atomic E-state index is 0.205. The first-order chi connectivity index (χ1) is 8.10. The van der Waals surface area contributed by atoms with Crippen LogP contribution in [0.15, 0.2) is 11.2 Å². The summed E-state index contributed by atoms with van der Waals surface area (Å²) in [6, 6.07) is 1.78. The predicted octanol–water partition coefficient (Wildman–Crippen LogP) is 2.06. The highest BCUT2D eigenvalue weighted by atomic mass is 35.5. The van der Waals surface area contributed by atoms with E-state index in [2.05, 4.69) is 21.8 Å². The zero-order valence-corrected chi connectivity index (χ0v) is 11.5. The average Bonchev–Trinajstić information content (AvgIpc) is 2.32. The van der Waals surface area contributed by atoms with Crippen LogP contribution in [0.3, 0.4) is 0 Å². The fraction of sp³-hybridized carbons (Fsp3) is 0.636. The van der Waals surface area contributed by atoms with E-state index in [9.17, 15) is 5.11 Å². The lowest BCUT2D eigenvalue weighted by molar-refractivity contribution is 0.0968. The number of hydrogen-bond acceptors (Lipinski definition) is 5. The molecule has 0 spiro atoms. The maximum Gasteiger partial charge on any atom is 0.190 e. The van der Waals surface area contributed by atoms with Crippen molar-refractivity contribution in [2.24, 2.45) is 5.92 Å². The number of nitrogens with zero attached hydrogens (tertiary/aromatic N) is 3. The number of aromatic nitrogens is 2. The SMILES string of the molecule is CSc1nc(Cl)cc(N2CCC(O)C(C)C2)n1. The molecule has 2 rings (SSSR count). The van der Waals surface area contributed by atoms with Gasteiger partial charge in [-0.3, -0.25) is 0 Å². The fourth-order valence-corrected chi connectivity index (χ4v) is 2.58. The highest BCUT2D eigenvalue weighted by Gasteiger charge is 2.25. The molecule has 1 saturated heterocycles. The molecule has 17 heavy (non-hydrogen) atoms. The molecular weight excluding hydrogens is 258 g/mol. The van der Waals surface area contributed by atoms with E-state index in [1.165, 1.54) is 11.8 Å². The van der Waals surface area contributed by atoms with Crippen LogP contribution in [0.25, 0.3) is 0 Å². The van der Waals surface area contributed by atoms with Crippen molar-refractivity contribution in [3.05, 3.63) is 11.2 Å². The molecule has 1 aromatic rings. The van der Waals surface area contributed by atoms with E-state index < -0.39 is 0 Å². The molecular formula is C11H16ClN3OS. The van der Waals surface area contributed by atoms with E-state index in [0.29, 0.717) is 10.3 Å². The van der Waals surface area contributed by atoms with E-state index >= 15 is 0 Å². The Hall–Kier alpha value is -0.520. The van der Waals surface area contributed by atoms with Gasteiger partial charge in [-0.1, -0.05) is 30.3 Å². The van der Waals surface area contributed by atoms with Gasteiger partial charge in [0.15, 0.2) is 5.16 Å². The molecule has 0 amide bonds. The molecule has 0 aromatic carbocycles. The minimum Gasteiger partial charge on any atom is -0.393 e. The minimum atomic E-state index is -0.205. The molecule has 2 atom stereocenters. The molecule has 2 heterocycles. The van der Waals surface area contributed by atoms with Crippen LogP contribution in [0.4, 0.5) is 5.82 Å². The van der Waals surface area contributed by atoms with Crippen LogP contribution in [0.2, 0.25) is 5.15 Å². The van der Waals surface area contributed by atoms with E-state index in [1.54, 1.807) is 6.07 Å². The molecule has 4 nitrogen and oxygen atoms in total. The van der Waals surface area contributed by atoms with Gasteiger partial charge in [0.1, 0.15) is 11.0 Å². The first kappa shape index (κ1) is 12.9. The molecule has 0 bridgehead atoms. The van der Waals surface area contributed by atoms with Crippen molar-refractivity contribution in [3.8, 4) is 0 Å². The Bertz CT molecular complexity index is 404. The van der Waals surface area contributed by atoms with Crippen molar-refractivity contribution in [2.45, 2.75) is 24.6 Å². The molecule has 94 valence electrons. The number of anilines is 1. The Morgan fingerprint density at radius 1 is 1.53 bits per heavy atom. The third-order valence-electron chi connectivity index (χ3n) is 3.03. The lowest BCUT2D eigenvalue weighted by Crippen LogP contribution is -2.42. The molecule has 6 heteroatoms. The summed E-state index contributed by atoms with van der Waals surface area (Å²) < 4.78 is 0. The summed E-state index contributed by atoms with van der Waals surface area (Å²) in [6.45, 7) is 3.67. The summed E-state index contributed by atoms with van der Waals surface area (Å²) in [7, 11) is 0. The zero-order valence-electron chi connectivity index (χ0n) is 9.93. The van der Waals surface area contributed by atoms with Gasteiger partial charge in [0, 0.05) is 19.2 Å². The number of aliphatic hydroxyl groups is 1. The summed E-state index contributed by atoms with van der Waals surface area (Å²) in [6.07, 6.45) is 2.50. The third kappa shape index (κ3) is 3.03. The molecule has 1 N–H and O–H groups in total. The van der Waals surface area contributed by atoms with Gasteiger partial charge in [-0.25, -0.2) is 9.97 Å². The standard InChI is InChI=1S/C11H16ClN3OS/c1-7-6-15(4-3-8(7)16)10-5-9(12)13-11(14-10)17-2/h5,7-8,16H,3-4,6H2,1-2H3. The van der Waals surface area contributed by atoms with Crippen LogP contribution in [0, 0.1) is 5.92 Å². The van der Waals surface area contributed by atoms with Gasteiger partial charge >= 0.3 is 0 Å². The van der Waals surface area contributed by atoms with Crippen molar-refractivity contribution in [2.75, 3.05) is 24.2 Å². The van der Waals surface area contributed by atoms with Gasteiger partial charge in [0.2, 0.25) is 0 Å². The predicted molar refractivity (Wildman–Crippen MR) is 70.8 cm³/mol. The van der Waals surface area contributed by atoms with E-state index in [4.69, 9.17) is 11.6 Å². The smallest absolute Gasteiger partial charge is 0.190 e. The molecule has 2 unspecified atom stereocenters. The molecule has 1 aliphatic rings. The maximum absolute atomic E-state index is 9.71. The topological polar surface area (TPSA) is 49.2 Å². The first-order valence-corrected chi connectivity index (χ1v) is 7.22. The third-order valence-corrected chi connectivity index (χ3v) is 3.77. The molecule has 0 radical (unpaired) electrons. The van der Waals surface area contributed by atoms with Crippen molar-refractivity contribution in [3.63, 3.8) is 0 Å². The van der Waals surface area contributed by atoms with Crippen molar-refractivity contribution < 1.29 is 5.11 Å². The van der Waals surface area contributed by atoms with E-state index in [0.717, 1.165) is 25.3 Å². The highest BCUT2D eigenvalue weighted by molar-refractivity contribution is 7.98. The number of piperidine rings is 1. The van der Waals surface area contributed by atoms with Gasteiger partial charge in [-0.05, 0) is 18.6 Å². The van der Waals surface area contributed by atoms with Gasteiger partial charge in [-0.15, -0.1) is 0 Å². The van der Waals surface area contributed by atoms with Crippen LogP contribution in [0.5, 0.6) is 0 Å². The largest absolute Gasteiger partial charge is 0.393 e. The summed E-state index contributed by atoms with van der Waals surface area (Å²) >= 11 is 7.45. The Kier molecular flexibility index (Phi) is 4.12. The second-order valence-electron chi connectivity index (χ2n) is 4.31. The van der Waals surface area contributed by atoms with Crippen LogP contribution in [0.1, 0.15) is 13.3 Å². The van der Waals surface area contributed by atoms with Crippen molar-refractivity contribution in [1.29, 1.82) is 0 Å². The Labute approximate surface area is 110 Å². The van der Waals surface area contributed by atoms with Gasteiger partial charge in [0.25, 0.3) is 0 Å². The monoisotopic (exact) mass is 273 g/mol. The molecule has 0 aliphatic carbocycles. The second-order valence-corrected chi connectivity index (χ2v) is 5.48. The van der Waals surface area contributed by atoms with Crippen molar-refractivity contribution in [1.82, 2.24) is 9.97 Å².